The molecular weight excluding hydrogens is 222 g/mol. The van der Waals surface area contributed by atoms with E-state index in [9.17, 15) is 0 Å². The molecule has 0 aliphatic heterocycles. The maximum Gasteiger partial charge on any atom is 0.116 e. The van der Waals surface area contributed by atoms with Gasteiger partial charge in [-0.2, -0.15) is 0 Å². The normalized spacial score (nSPS) is 10.8. The Balaban J connectivity index is 2.16. The molecule has 0 saturated carbocycles. The van der Waals surface area contributed by atoms with Gasteiger partial charge in [0.25, 0.3) is 0 Å². The first-order valence-corrected chi connectivity index (χ1v) is 5.88. The molecule has 2 aromatic heterocycles. The number of pyridine rings is 1. The average Bonchev–Trinajstić information content (AvgIpc) is 2.41. The summed E-state index contributed by atoms with van der Waals surface area (Å²) < 4.78 is 0. The quantitative estimate of drug-likeness (QED) is 0.649. The van der Waals surface area contributed by atoms with E-state index in [1.165, 1.54) is 11.1 Å². The highest BCUT2D eigenvalue weighted by Gasteiger charge is 2.03. The number of hydrogen-bond acceptors (Lipinski definition) is 3. The number of aryl methyl sites for hydroxylation is 2. The summed E-state index contributed by atoms with van der Waals surface area (Å²) in [5.41, 5.74) is 6.36. The summed E-state index contributed by atoms with van der Waals surface area (Å²) in [7, 11) is 0. The van der Waals surface area contributed by atoms with Crippen molar-refractivity contribution in [2.75, 3.05) is 0 Å². The van der Waals surface area contributed by atoms with Crippen molar-refractivity contribution in [3.05, 3.63) is 54.0 Å². The predicted molar refractivity (Wildman–Crippen MR) is 72.2 cm³/mol. The lowest BCUT2D eigenvalue weighted by Crippen LogP contribution is -1.89. The lowest BCUT2D eigenvalue weighted by Gasteiger charge is -2.05. The van der Waals surface area contributed by atoms with E-state index < -0.39 is 0 Å². The number of fused-ring (bicyclic) bond motifs is 1. The van der Waals surface area contributed by atoms with Crippen LogP contribution in [0.2, 0.25) is 0 Å². The molecular formula is C15H13N3. The van der Waals surface area contributed by atoms with Crippen LogP contribution in [0.15, 0.2) is 42.9 Å². The average molecular weight is 235 g/mol. The molecule has 0 N–H and O–H groups in total. The van der Waals surface area contributed by atoms with Crippen LogP contribution in [0.25, 0.3) is 22.3 Å². The molecule has 0 aliphatic rings. The van der Waals surface area contributed by atoms with E-state index in [1.807, 2.05) is 12.1 Å². The Kier molecular flexibility index (Phi) is 2.52. The van der Waals surface area contributed by atoms with Gasteiger partial charge in [0, 0.05) is 5.56 Å². The number of rotatable bonds is 1. The van der Waals surface area contributed by atoms with Crippen LogP contribution in [0.3, 0.4) is 0 Å². The molecule has 3 heteroatoms. The van der Waals surface area contributed by atoms with E-state index in [-0.39, 0.29) is 0 Å². The van der Waals surface area contributed by atoms with Crippen LogP contribution in [0.4, 0.5) is 0 Å². The van der Waals surface area contributed by atoms with Gasteiger partial charge >= 0.3 is 0 Å². The number of aromatic nitrogens is 3. The van der Waals surface area contributed by atoms with Crippen LogP contribution in [-0.4, -0.2) is 15.0 Å². The summed E-state index contributed by atoms with van der Waals surface area (Å²) >= 11 is 0. The number of hydrogen-bond donors (Lipinski definition) is 0. The minimum absolute atomic E-state index is 0.827. The van der Waals surface area contributed by atoms with Crippen LogP contribution in [0.1, 0.15) is 11.1 Å². The van der Waals surface area contributed by atoms with E-state index >= 15 is 0 Å². The van der Waals surface area contributed by atoms with Gasteiger partial charge in [-0.1, -0.05) is 12.1 Å². The SMILES string of the molecule is Cc1ccc(-c2ccc3ncncc3n2)cc1C. The third-order valence-corrected chi connectivity index (χ3v) is 3.17. The van der Waals surface area contributed by atoms with Crippen molar-refractivity contribution in [2.24, 2.45) is 0 Å². The van der Waals surface area contributed by atoms with Gasteiger partial charge in [0.2, 0.25) is 0 Å². The molecule has 0 aliphatic carbocycles. The fourth-order valence-corrected chi connectivity index (χ4v) is 1.93. The minimum Gasteiger partial charge on any atom is -0.245 e. The molecule has 0 radical (unpaired) electrons. The fraction of sp³-hybridized carbons (Fsp3) is 0.133. The first-order valence-electron chi connectivity index (χ1n) is 5.88. The van der Waals surface area contributed by atoms with Crippen LogP contribution in [0, 0.1) is 13.8 Å². The van der Waals surface area contributed by atoms with Crippen molar-refractivity contribution in [2.45, 2.75) is 13.8 Å². The van der Waals surface area contributed by atoms with Crippen LogP contribution < -0.4 is 0 Å². The van der Waals surface area contributed by atoms with Crippen molar-refractivity contribution in [1.82, 2.24) is 15.0 Å². The molecule has 3 rings (SSSR count). The lowest BCUT2D eigenvalue weighted by atomic mass is 10.0. The van der Waals surface area contributed by atoms with Crippen molar-refractivity contribution in [3.63, 3.8) is 0 Å². The first-order chi connectivity index (χ1) is 8.74. The maximum absolute atomic E-state index is 4.59. The molecule has 0 spiro atoms. The Morgan fingerprint density at radius 3 is 2.61 bits per heavy atom. The van der Waals surface area contributed by atoms with Crippen LogP contribution >= 0.6 is 0 Å². The zero-order valence-electron chi connectivity index (χ0n) is 10.4. The van der Waals surface area contributed by atoms with E-state index in [1.54, 1.807) is 12.5 Å². The molecule has 18 heavy (non-hydrogen) atoms. The molecule has 0 bridgehead atoms. The molecule has 0 atom stereocenters. The highest BCUT2D eigenvalue weighted by atomic mass is 14.9. The standard InChI is InChI=1S/C15H13N3/c1-10-3-4-12(7-11(10)2)13-5-6-14-15(18-13)8-16-9-17-14/h3-9H,1-2H3. The van der Waals surface area contributed by atoms with E-state index in [4.69, 9.17) is 0 Å². The summed E-state index contributed by atoms with van der Waals surface area (Å²) in [5.74, 6) is 0. The fourth-order valence-electron chi connectivity index (χ4n) is 1.93. The molecule has 0 amide bonds. The van der Waals surface area contributed by atoms with E-state index in [0.29, 0.717) is 0 Å². The van der Waals surface area contributed by atoms with Crippen molar-refractivity contribution in [1.29, 1.82) is 0 Å². The zero-order chi connectivity index (χ0) is 12.5. The van der Waals surface area contributed by atoms with Gasteiger partial charge in [0.15, 0.2) is 0 Å². The Hall–Kier alpha value is -2.29. The molecule has 0 fully saturated rings. The van der Waals surface area contributed by atoms with Crippen molar-refractivity contribution >= 4 is 11.0 Å². The van der Waals surface area contributed by atoms with Gasteiger partial charge in [0.1, 0.15) is 11.8 Å². The summed E-state index contributed by atoms with van der Waals surface area (Å²) in [6.45, 7) is 4.23. The molecule has 0 saturated heterocycles. The van der Waals surface area contributed by atoms with Gasteiger partial charge in [0.05, 0.1) is 17.4 Å². The Morgan fingerprint density at radius 2 is 1.78 bits per heavy atom. The molecule has 88 valence electrons. The first kappa shape index (κ1) is 10.8. The molecule has 3 aromatic rings. The van der Waals surface area contributed by atoms with Crippen LogP contribution in [-0.2, 0) is 0 Å². The topological polar surface area (TPSA) is 38.7 Å². The molecule has 3 nitrogen and oxygen atoms in total. The second-order valence-corrected chi connectivity index (χ2v) is 4.42. The third-order valence-electron chi connectivity index (χ3n) is 3.17. The second kappa shape index (κ2) is 4.18. The summed E-state index contributed by atoms with van der Waals surface area (Å²) in [5, 5.41) is 0. The van der Waals surface area contributed by atoms with E-state index in [2.05, 4.69) is 47.0 Å². The molecule has 1 aromatic carbocycles. The van der Waals surface area contributed by atoms with Gasteiger partial charge in [-0.15, -0.1) is 0 Å². The Morgan fingerprint density at radius 1 is 0.889 bits per heavy atom. The van der Waals surface area contributed by atoms with Gasteiger partial charge < -0.3 is 0 Å². The van der Waals surface area contributed by atoms with Gasteiger partial charge in [-0.05, 0) is 43.2 Å². The monoisotopic (exact) mass is 235 g/mol. The zero-order valence-corrected chi connectivity index (χ0v) is 10.4. The smallest absolute Gasteiger partial charge is 0.116 e. The highest BCUT2D eigenvalue weighted by molar-refractivity contribution is 5.77. The highest BCUT2D eigenvalue weighted by Crippen LogP contribution is 2.22. The number of benzene rings is 1. The molecule has 0 unspecified atom stereocenters. The maximum atomic E-state index is 4.59. The van der Waals surface area contributed by atoms with Gasteiger partial charge in [-0.25, -0.2) is 15.0 Å². The largest absolute Gasteiger partial charge is 0.245 e. The summed E-state index contributed by atoms with van der Waals surface area (Å²) in [4.78, 5) is 12.8. The van der Waals surface area contributed by atoms with Crippen LogP contribution in [0.5, 0.6) is 0 Å². The predicted octanol–water partition coefficient (Wildman–Crippen LogP) is 3.31. The second-order valence-electron chi connectivity index (χ2n) is 4.42. The number of nitrogens with zero attached hydrogens (tertiary/aromatic N) is 3. The third kappa shape index (κ3) is 1.84. The van der Waals surface area contributed by atoms with E-state index in [0.717, 1.165) is 22.3 Å². The van der Waals surface area contributed by atoms with Crippen molar-refractivity contribution in [3.8, 4) is 11.3 Å². The summed E-state index contributed by atoms with van der Waals surface area (Å²) in [6.07, 6.45) is 3.28. The Bertz CT molecular complexity index is 720. The van der Waals surface area contributed by atoms with Gasteiger partial charge in [-0.3, -0.25) is 0 Å². The lowest BCUT2D eigenvalue weighted by molar-refractivity contribution is 1.20. The minimum atomic E-state index is 0.827. The Labute approximate surface area is 106 Å². The molecule has 2 heterocycles. The van der Waals surface area contributed by atoms with Crippen molar-refractivity contribution < 1.29 is 0 Å². The summed E-state index contributed by atoms with van der Waals surface area (Å²) in [6, 6.07) is 10.4.